The van der Waals surface area contributed by atoms with Gasteiger partial charge in [-0.05, 0) is 35.9 Å². The molecule has 114 valence electrons. The van der Waals surface area contributed by atoms with Crippen LogP contribution in [0.3, 0.4) is 0 Å². The van der Waals surface area contributed by atoms with Gasteiger partial charge in [0.15, 0.2) is 5.78 Å². The second-order valence-electron chi connectivity index (χ2n) is 4.86. The van der Waals surface area contributed by atoms with Crippen molar-refractivity contribution in [3.05, 3.63) is 82.0 Å². The van der Waals surface area contributed by atoms with Gasteiger partial charge in [-0.1, -0.05) is 30.3 Å². The van der Waals surface area contributed by atoms with Gasteiger partial charge in [-0.15, -0.1) is 0 Å². The summed E-state index contributed by atoms with van der Waals surface area (Å²) in [5.74, 6) is -1.49. The van der Waals surface area contributed by atoms with Gasteiger partial charge < -0.3 is 9.52 Å². The number of halogens is 1. The zero-order valence-corrected chi connectivity index (χ0v) is 11.8. The van der Waals surface area contributed by atoms with E-state index in [1.54, 1.807) is 18.2 Å². The largest absolute Gasteiger partial charge is 0.506 e. The van der Waals surface area contributed by atoms with Crippen molar-refractivity contribution in [2.24, 2.45) is 0 Å². The standard InChI is InChI=1S/C18H11FO4/c19-12-8-5-11(6-9-12)7-10-14(20)16-17(21)13-3-1-2-4-15(13)23-18(16)22/h1-10,21H/b10-7+. The smallest absolute Gasteiger partial charge is 0.351 e. The molecule has 0 saturated heterocycles. The Balaban J connectivity index is 2.01. The minimum absolute atomic E-state index is 0.203. The number of hydrogen-bond acceptors (Lipinski definition) is 4. The third kappa shape index (κ3) is 2.89. The fraction of sp³-hybridized carbons (Fsp3) is 0. The van der Waals surface area contributed by atoms with Crippen LogP contribution in [0.2, 0.25) is 0 Å². The first kappa shape index (κ1) is 14.7. The molecule has 0 amide bonds. The number of carbonyl (C=O) groups is 1. The predicted octanol–water partition coefficient (Wildman–Crippen LogP) is 3.53. The summed E-state index contributed by atoms with van der Waals surface area (Å²) in [5.41, 5.74) is -0.546. The van der Waals surface area contributed by atoms with E-state index < -0.39 is 22.7 Å². The van der Waals surface area contributed by atoms with Crippen molar-refractivity contribution in [1.29, 1.82) is 0 Å². The van der Waals surface area contributed by atoms with Crippen LogP contribution < -0.4 is 5.63 Å². The summed E-state index contributed by atoms with van der Waals surface area (Å²) in [6.45, 7) is 0. The van der Waals surface area contributed by atoms with Gasteiger partial charge in [0, 0.05) is 0 Å². The molecular weight excluding hydrogens is 299 g/mol. The van der Waals surface area contributed by atoms with Crippen molar-refractivity contribution in [1.82, 2.24) is 0 Å². The lowest BCUT2D eigenvalue weighted by Crippen LogP contribution is -2.12. The topological polar surface area (TPSA) is 67.5 Å². The molecule has 0 radical (unpaired) electrons. The maximum Gasteiger partial charge on any atom is 0.351 e. The Bertz CT molecular complexity index is 968. The number of rotatable bonds is 3. The molecule has 1 heterocycles. The maximum absolute atomic E-state index is 12.8. The van der Waals surface area contributed by atoms with Crippen LogP contribution in [0.1, 0.15) is 15.9 Å². The Hall–Kier alpha value is -3.21. The molecule has 0 atom stereocenters. The Kier molecular flexibility index (Phi) is 3.76. The zero-order chi connectivity index (χ0) is 16.4. The lowest BCUT2D eigenvalue weighted by Gasteiger charge is -2.03. The number of allylic oxidation sites excluding steroid dienone is 1. The van der Waals surface area contributed by atoms with Gasteiger partial charge in [-0.2, -0.15) is 0 Å². The minimum atomic E-state index is -0.907. The van der Waals surface area contributed by atoms with Gasteiger partial charge >= 0.3 is 5.63 Å². The fourth-order valence-corrected chi connectivity index (χ4v) is 2.18. The molecule has 2 aromatic carbocycles. The van der Waals surface area contributed by atoms with Crippen molar-refractivity contribution >= 4 is 22.8 Å². The van der Waals surface area contributed by atoms with Crippen LogP contribution in [-0.2, 0) is 0 Å². The predicted molar refractivity (Wildman–Crippen MR) is 83.9 cm³/mol. The van der Waals surface area contributed by atoms with E-state index in [4.69, 9.17) is 4.42 Å². The molecule has 3 aromatic rings. The van der Waals surface area contributed by atoms with Crippen LogP contribution >= 0.6 is 0 Å². The number of fused-ring (bicyclic) bond motifs is 1. The van der Waals surface area contributed by atoms with Gasteiger partial charge in [0.05, 0.1) is 5.39 Å². The van der Waals surface area contributed by atoms with Crippen LogP contribution in [0, 0.1) is 5.82 Å². The van der Waals surface area contributed by atoms with Crippen LogP contribution in [-0.4, -0.2) is 10.9 Å². The molecule has 0 aliphatic heterocycles. The molecule has 0 fully saturated rings. The first-order valence-corrected chi connectivity index (χ1v) is 6.79. The number of aromatic hydroxyl groups is 1. The molecule has 5 heteroatoms. The average molecular weight is 310 g/mol. The molecular formula is C18H11FO4. The van der Waals surface area contributed by atoms with Crippen LogP contribution in [0.4, 0.5) is 4.39 Å². The van der Waals surface area contributed by atoms with E-state index in [1.807, 2.05) is 0 Å². The van der Waals surface area contributed by atoms with E-state index in [2.05, 4.69) is 0 Å². The summed E-state index contributed by atoms with van der Waals surface area (Å²) in [5, 5.41) is 10.5. The summed E-state index contributed by atoms with van der Waals surface area (Å²) >= 11 is 0. The number of ketones is 1. The second-order valence-corrected chi connectivity index (χ2v) is 4.86. The van der Waals surface area contributed by atoms with E-state index >= 15 is 0 Å². The highest BCUT2D eigenvalue weighted by Gasteiger charge is 2.18. The highest BCUT2D eigenvalue weighted by atomic mass is 19.1. The van der Waals surface area contributed by atoms with Crippen molar-refractivity contribution in [2.75, 3.05) is 0 Å². The lowest BCUT2D eigenvalue weighted by molar-refractivity contribution is 0.104. The van der Waals surface area contributed by atoms with Gasteiger partial charge in [0.1, 0.15) is 22.7 Å². The average Bonchev–Trinajstić information content (AvgIpc) is 2.54. The molecule has 0 saturated carbocycles. The quantitative estimate of drug-likeness (QED) is 0.456. The van der Waals surface area contributed by atoms with Crippen LogP contribution in [0.15, 0.2) is 63.8 Å². The monoisotopic (exact) mass is 310 g/mol. The third-order valence-electron chi connectivity index (χ3n) is 3.33. The highest BCUT2D eigenvalue weighted by Crippen LogP contribution is 2.26. The van der Waals surface area contributed by atoms with E-state index in [0.29, 0.717) is 5.56 Å². The summed E-state index contributed by atoms with van der Waals surface area (Å²) in [7, 11) is 0. The van der Waals surface area contributed by atoms with Crippen molar-refractivity contribution in [3.63, 3.8) is 0 Å². The van der Waals surface area contributed by atoms with E-state index in [1.165, 1.54) is 36.4 Å². The number of benzene rings is 2. The van der Waals surface area contributed by atoms with Crippen molar-refractivity contribution < 1.29 is 18.7 Å². The fourth-order valence-electron chi connectivity index (χ4n) is 2.18. The van der Waals surface area contributed by atoms with Crippen LogP contribution in [0.25, 0.3) is 17.0 Å². The summed E-state index contributed by atoms with van der Waals surface area (Å²) in [4.78, 5) is 24.1. The lowest BCUT2D eigenvalue weighted by atomic mass is 10.1. The van der Waals surface area contributed by atoms with Crippen molar-refractivity contribution in [3.8, 4) is 5.75 Å². The molecule has 1 aromatic heterocycles. The van der Waals surface area contributed by atoms with Gasteiger partial charge in [0.2, 0.25) is 0 Å². The van der Waals surface area contributed by atoms with Crippen molar-refractivity contribution in [2.45, 2.75) is 0 Å². The SMILES string of the molecule is O=C(/C=C/c1ccc(F)cc1)c1c(O)c2ccccc2oc1=O. The Labute approximate surface area is 130 Å². The van der Waals surface area contributed by atoms with Crippen LogP contribution in [0.5, 0.6) is 5.75 Å². The third-order valence-corrected chi connectivity index (χ3v) is 3.33. The van der Waals surface area contributed by atoms with Gasteiger partial charge in [-0.25, -0.2) is 9.18 Å². The zero-order valence-electron chi connectivity index (χ0n) is 11.8. The molecule has 0 bridgehead atoms. The number of carbonyl (C=O) groups excluding carboxylic acids is 1. The van der Waals surface area contributed by atoms with Gasteiger partial charge in [-0.3, -0.25) is 4.79 Å². The molecule has 0 spiro atoms. The molecule has 3 rings (SSSR count). The highest BCUT2D eigenvalue weighted by molar-refractivity contribution is 6.10. The maximum atomic E-state index is 12.8. The Morgan fingerprint density at radius 1 is 1.09 bits per heavy atom. The second kappa shape index (κ2) is 5.88. The molecule has 0 aliphatic rings. The van der Waals surface area contributed by atoms with E-state index in [9.17, 15) is 19.1 Å². The van der Waals surface area contributed by atoms with E-state index in [-0.39, 0.29) is 16.8 Å². The minimum Gasteiger partial charge on any atom is -0.506 e. The normalized spacial score (nSPS) is 11.2. The Morgan fingerprint density at radius 2 is 1.78 bits per heavy atom. The number of hydrogen-bond donors (Lipinski definition) is 1. The van der Waals surface area contributed by atoms with E-state index in [0.717, 1.165) is 6.08 Å². The molecule has 4 nitrogen and oxygen atoms in total. The molecule has 1 N–H and O–H groups in total. The number of para-hydroxylation sites is 1. The molecule has 23 heavy (non-hydrogen) atoms. The summed E-state index contributed by atoms with van der Waals surface area (Å²) in [6.07, 6.45) is 2.56. The molecule has 0 unspecified atom stereocenters. The first-order valence-electron chi connectivity index (χ1n) is 6.79. The summed E-state index contributed by atoms with van der Waals surface area (Å²) < 4.78 is 17.9. The Morgan fingerprint density at radius 3 is 2.52 bits per heavy atom. The van der Waals surface area contributed by atoms with Gasteiger partial charge in [0.25, 0.3) is 0 Å². The first-order chi connectivity index (χ1) is 11.1. The molecule has 0 aliphatic carbocycles. The summed E-state index contributed by atoms with van der Waals surface area (Å²) in [6, 6.07) is 11.9.